The first-order chi connectivity index (χ1) is 10.2. The zero-order valence-corrected chi connectivity index (χ0v) is 11.8. The lowest BCUT2D eigenvalue weighted by molar-refractivity contribution is -0.141. The molecule has 2 bridgehead atoms. The van der Waals surface area contributed by atoms with E-state index >= 15 is 0 Å². The molecule has 108 valence electrons. The van der Waals surface area contributed by atoms with Crippen molar-refractivity contribution in [1.29, 1.82) is 0 Å². The fraction of sp³-hybridized carbons (Fsp3) is 0.333. The van der Waals surface area contributed by atoms with Crippen molar-refractivity contribution in [3.8, 4) is 0 Å². The maximum Gasteiger partial charge on any atom is 0.237 e. The van der Waals surface area contributed by atoms with E-state index < -0.39 is 0 Å². The van der Waals surface area contributed by atoms with Gasteiger partial charge in [-0.25, -0.2) is 0 Å². The average molecular weight is 305 g/mol. The Kier molecular flexibility index (Phi) is 2.80. The minimum Gasteiger partial charge on any atom is -0.366 e. The Morgan fingerprint density at radius 2 is 1.71 bits per heavy atom. The summed E-state index contributed by atoms with van der Waals surface area (Å²) in [5.41, 5.74) is 0.703. The van der Waals surface area contributed by atoms with E-state index in [0.29, 0.717) is 10.7 Å². The molecule has 1 aromatic carbocycles. The van der Waals surface area contributed by atoms with Crippen LogP contribution in [0.1, 0.15) is 0 Å². The highest BCUT2D eigenvalue weighted by atomic mass is 35.5. The van der Waals surface area contributed by atoms with E-state index in [1.54, 1.807) is 6.07 Å². The third kappa shape index (κ3) is 1.81. The van der Waals surface area contributed by atoms with Crippen molar-refractivity contribution in [2.75, 3.05) is 12.0 Å². The quantitative estimate of drug-likeness (QED) is 0.681. The van der Waals surface area contributed by atoms with E-state index in [9.17, 15) is 9.59 Å². The molecule has 6 heteroatoms. The van der Waals surface area contributed by atoms with Crippen molar-refractivity contribution in [2.24, 2.45) is 11.8 Å². The number of rotatable bonds is 3. The Morgan fingerprint density at radius 3 is 2.33 bits per heavy atom. The van der Waals surface area contributed by atoms with Crippen molar-refractivity contribution >= 4 is 29.1 Å². The van der Waals surface area contributed by atoms with Crippen LogP contribution in [0.2, 0.25) is 5.02 Å². The van der Waals surface area contributed by atoms with E-state index in [1.165, 1.54) is 4.90 Å². The molecule has 0 unspecified atom stereocenters. The van der Waals surface area contributed by atoms with E-state index in [-0.39, 0.29) is 42.5 Å². The van der Waals surface area contributed by atoms with Gasteiger partial charge in [0.15, 0.2) is 0 Å². The molecule has 5 nitrogen and oxygen atoms in total. The summed E-state index contributed by atoms with van der Waals surface area (Å²) in [6.45, 7) is 0.133. The van der Waals surface area contributed by atoms with Gasteiger partial charge >= 0.3 is 0 Å². The number of imide groups is 1. The number of likely N-dealkylation sites (tertiary alicyclic amines) is 1. The molecule has 3 heterocycles. The molecule has 2 amide bonds. The lowest BCUT2D eigenvalue weighted by Crippen LogP contribution is -2.38. The van der Waals surface area contributed by atoms with Crippen LogP contribution in [0.5, 0.6) is 0 Å². The number of benzene rings is 1. The molecule has 1 aromatic rings. The number of anilines is 1. The fourth-order valence-electron chi connectivity index (χ4n) is 3.29. The fourth-order valence-corrected chi connectivity index (χ4v) is 3.49. The van der Waals surface area contributed by atoms with Crippen molar-refractivity contribution < 1.29 is 14.3 Å². The molecule has 0 aliphatic carbocycles. The minimum atomic E-state index is -0.361. The van der Waals surface area contributed by atoms with Crippen LogP contribution in [0, 0.1) is 11.8 Å². The summed E-state index contributed by atoms with van der Waals surface area (Å²) in [6.07, 6.45) is 3.26. The van der Waals surface area contributed by atoms with Gasteiger partial charge in [0.1, 0.15) is 0 Å². The number of para-hydroxylation sites is 1. The molecule has 21 heavy (non-hydrogen) atoms. The monoisotopic (exact) mass is 304 g/mol. The van der Waals surface area contributed by atoms with Gasteiger partial charge in [0.05, 0.1) is 41.4 Å². The average Bonchev–Trinajstić information content (AvgIpc) is 3.14. The predicted octanol–water partition coefficient (Wildman–Crippen LogP) is 1.65. The van der Waals surface area contributed by atoms with Crippen molar-refractivity contribution in [2.45, 2.75) is 12.2 Å². The van der Waals surface area contributed by atoms with E-state index in [2.05, 4.69) is 5.32 Å². The van der Waals surface area contributed by atoms with Crippen LogP contribution in [0.3, 0.4) is 0 Å². The van der Waals surface area contributed by atoms with Crippen molar-refractivity contribution in [1.82, 2.24) is 4.90 Å². The molecule has 3 aliphatic heterocycles. The number of carbonyl (C=O) groups is 2. The van der Waals surface area contributed by atoms with Crippen LogP contribution < -0.4 is 5.32 Å². The standard InChI is InChI=1S/C15H13ClN2O3/c16-8-3-1-2-4-9(8)17-7-18-14(19)12-10-5-6-11(21-10)13(12)15(18)20/h1-6,10-13,17H,7H2/t10-,11-,12-,13+/m1/s1. The molecular formula is C15H13ClN2O3. The van der Waals surface area contributed by atoms with Crippen LogP contribution in [-0.4, -0.2) is 35.6 Å². The Labute approximate surface area is 126 Å². The molecule has 4 atom stereocenters. The first-order valence-electron chi connectivity index (χ1n) is 6.84. The van der Waals surface area contributed by atoms with Gasteiger partial charge in [0.25, 0.3) is 0 Å². The number of nitrogens with one attached hydrogen (secondary N) is 1. The summed E-state index contributed by atoms with van der Waals surface area (Å²) in [4.78, 5) is 26.1. The third-order valence-corrected chi connectivity index (χ3v) is 4.63. The summed E-state index contributed by atoms with van der Waals surface area (Å²) in [5.74, 6) is -1.05. The molecule has 0 spiro atoms. The maximum atomic E-state index is 12.4. The smallest absolute Gasteiger partial charge is 0.237 e. The first kappa shape index (κ1) is 12.9. The summed E-state index contributed by atoms with van der Waals surface area (Å²) < 4.78 is 5.59. The molecule has 1 N–H and O–H groups in total. The summed E-state index contributed by atoms with van der Waals surface area (Å²) >= 11 is 6.05. The largest absolute Gasteiger partial charge is 0.366 e. The highest BCUT2D eigenvalue weighted by Crippen LogP contribution is 2.44. The Balaban J connectivity index is 1.51. The van der Waals surface area contributed by atoms with Crippen LogP contribution in [0.4, 0.5) is 5.69 Å². The molecule has 3 aliphatic rings. The lowest BCUT2D eigenvalue weighted by Gasteiger charge is -2.19. The molecule has 4 rings (SSSR count). The summed E-state index contributed by atoms with van der Waals surface area (Å²) in [6, 6.07) is 7.23. The van der Waals surface area contributed by atoms with Gasteiger partial charge in [-0.15, -0.1) is 0 Å². The maximum absolute atomic E-state index is 12.4. The zero-order valence-electron chi connectivity index (χ0n) is 11.0. The second-order valence-electron chi connectivity index (χ2n) is 5.42. The van der Waals surface area contributed by atoms with Gasteiger partial charge in [-0.1, -0.05) is 35.9 Å². The minimum absolute atomic E-state index is 0.133. The molecule has 0 aromatic heterocycles. The van der Waals surface area contributed by atoms with Crippen LogP contribution >= 0.6 is 11.6 Å². The normalized spacial score (nSPS) is 32.9. The highest BCUT2D eigenvalue weighted by Gasteiger charge is 2.60. The van der Waals surface area contributed by atoms with Gasteiger partial charge in [-0.3, -0.25) is 14.5 Å². The van der Waals surface area contributed by atoms with Gasteiger partial charge in [0, 0.05) is 0 Å². The number of ether oxygens (including phenoxy) is 1. The number of fused-ring (bicyclic) bond motifs is 5. The van der Waals surface area contributed by atoms with E-state index in [1.807, 2.05) is 30.4 Å². The van der Waals surface area contributed by atoms with Gasteiger partial charge in [-0.05, 0) is 12.1 Å². The van der Waals surface area contributed by atoms with Crippen molar-refractivity contribution in [3.05, 3.63) is 41.4 Å². The number of amides is 2. The van der Waals surface area contributed by atoms with Gasteiger partial charge in [0.2, 0.25) is 11.8 Å². The molecular weight excluding hydrogens is 292 g/mol. The van der Waals surface area contributed by atoms with Crippen molar-refractivity contribution in [3.63, 3.8) is 0 Å². The molecule has 2 saturated heterocycles. The number of halogens is 1. The highest BCUT2D eigenvalue weighted by molar-refractivity contribution is 6.33. The topological polar surface area (TPSA) is 58.6 Å². The van der Waals surface area contributed by atoms with Gasteiger partial charge < -0.3 is 10.1 Å². The lowest BCUT2D eigenvalue weighted by atomic mass is 9.85. The van der Waals surface area contributed by atoms with E-state index in [4.69, 9.17) is 16.3 Å². The zero-order chi connectivity index (χ0) is 14.6. The molecule has 0 radical (unpaired) electrons. The number of nitrogens with zero attached hydrogens (tertiary/aromatic N) is 1. The number of carbonyl (C=O) groups excluding carboxylic acids is 2. The van der Waals surface area contributed by atoms with Crippen LogP contribution in [-0.2, 0) is 14.3 Å². The predicted molar refractivity (Wildman–Crippen MR) is 76.6 cm³/mol. The summed E-state index contributed by atoms with van der Waals surface area (Å²) in [5, 5.41) is 3.60. The van der Waals surface area contributed by atoms with E-state index in [0.717, 1.165) is 0 Å². The SMILES string of the molecule is O=C1[C@@H]2[C@H](C(=O)N1CNc1ccccc1Cl)[C@H]1C=C[C@H]2O1. The van der Waals surface area contributed by atoms with Crippen LogP contribution in [0.25, 0.3) is 0 Å². The number of hydrogen-bond acceptors (Lipinski definition) is 4. The van der Waals surface area contributed by atoms with Gasteiger partial charge in [-0.2, -0.15) is 0 Å². The Morgan fingerprint density at radius 1 is 1.10 bits per heavy atom. The second kappa shape index (κ2) is 4.58. The Bertz CT molecular complexity index is 630. The Hall–Kier alpha value is -1.85. The third-order valence-electron chi connectivity index (χ3n) is 4.30. The molecule has 0 saturated carbocycles. The number of hydrogen-bond donors (Lipinski definition) is 1. The first-order valence-corrected chi connectivity index (χ1v) is 7.22. The van der Waals surface area contributed by atoms with Crippen LogP contribution in [0.15, 0.2) is 36.4 Å². The molecule has 2 fully saturated rings. The second-order valence-corrected chi connectivity index (χ2v) is 5.83. The summed E-state index contributed by atoms with van der Waals surface area (Å²) in [7, 11) is 0.